The molecule has 0 saturated carbocycles. The third kappa shape index (κ3) is 2.04. The lowest BCUT2D eigenvalue weighted by Crippen LogP contribution is -2.61. The van der Waals surface area contributed by atoms with Gasteiger partial charge in [0, 0.05) is 30.4 Å². The van der Waals surface area contributed by atoms with Gasteiger partial charge in [-0.3, -0.25) is 9.88 Å². The molecule has 0 aliphatic carbocycles. The third-order valence-electron chi connectivity index (χ3n) is 5.43. The fraction of sp³-hybridized carbons (Fsp3) is 0.471. The Kier molecular flexibility index (Phi) is 2.94. The zero-order valence-electron chi connectivity index (χ0n) is 13.2. The Morgan fingerprint density at radius 3 is 2.79 bits per heavy atom. The van der Waals surface area contributed by atoms with E-state index in [-0.39, 0.29) is 6.09 Å². The summed E-state index contributed by atoms with van der Waals surface area (Å²) >= 11 is 0. The molecule has 0 N–H and O–H groups in total. The van der Waals surface area contributed by atoms with E-state index in [0.29, 0.717) is 24.2 Å². The Morgan fingerprint density at radius 1 is 1.21 bits per heavy atom. The average molecular weight is 326 g/mol. The van der Waals surface area contributed by atoms with Crippen molar-refractivity contribution in [1.82, 2.24) is 14.9 Å². The largest absolute Gasteiger partial charge is 0.439 e. The molecule has 7 heteroatoms. The van der Waals surface area contributed by atoms with Crippen LogP contribution in [0.25, 0.3) is 11.3 Å². The maximum absolute atomic E-state index is 12.4. The Labute approximate surface area is 139 Å². The molecule has 0 unspecified atom stereocenters. The summed E-state index contributed by atoms with van der Waals surface area (Å²) in [7, 11) is 0. The molecule has 4 fully saturated rings. The van der Waals surface area contributed by atoms with E-state index in [1.807, 2.05) is 12.1 Å². The smallest absolute Gasteiger partial charge is 0.418 e. The van der Waals surface area contributed by atoms with Crippen LogP contribution in [-0.4, -0.2) is 52.7 Å². The van der Waals surface area contributed by atoms with Crippen molar-refractivity contribution in [1.29, 1.82) is 0 Å². The summed E-state index contributed by atoms with van der Waals surface area (Å²) in [6, 6.07) is 4.03. The van der Waals surface area contributed by atoms with Crippen LogP contribution in [0.5, 0.6) is 0 Å². The second-order valence-corrected chi connectivity index (χ2v) is 6.82. The molecule has 1 amide bonds. The molecule has 6 heterocycles. The van der Waals surface area contributed by atoms with Crippen molar-refractivity contribution in [3.8, 4) is 11.3 Å². The fourth-order valence-corrected chi connectivity index (χ4v) is 4.19. The summed E-state index contributed by atoms with van der Waals surface area (Å²) in [5.74, 6) is 1.03. The quantitative estimate of drug-likeness (QED) is 0.842. The monoisotopic (exact) mass is 326 g/mol. The highest BCUT2D eigenvalue weighted by Crippen LogP contribution is 2.43. The molecule has 2 aromatic rings. The molecule has 7 nitrogen and oxygen atoms in total. The molecular formula is C17H18N4O3. The number of ether oxygens (including phenoxy) is 1. The van der Waals surface area contributed by atoms with Gasteiger partial charge in [0.05, 0.1) is 12.7 Å². The van der Waals surface area contributed by atoms with Gasteiger partial charge in [-0.2, -0.15) is 0 Å². The predicted octanol–water partition coefficient (Wildman–Crippen LogP) is 2.16. The number of rotatable bonds is 2. The van der Waals surface area contributed by atoms with E-state index in [2.05, 4.69) is 14.9 Å². The second-order valence-electron chi connectivity index (χ2n) is 6.82. The molecule has 0 radical (unpaired) electrons. The van der Waals surface area contributed by atoms with E-state index in [9.17, 15) is 4.79 Å². The van der Waals surface area contributed by atoms with E-state index in [4.69, 9.17) is 9.15 Å². The summed E-state index contributed by atoms with van der Waals surface area (Å²) < 4.78 is 11.6. The van der Waals surface area contributed by atoms with Crippen molar-refractivity contribution in [2.24, 2.45) is 5.92 Å². The molecular weight excluding hydrogens is 308 g/mol. The van der Waals surface area contributed by atoms with Gasteiger partial charge in [0.15, 0.2) is 5.76 Å². The van der Waals surface area contributed by atoms with Crippen LogP contribution in [0.4, 0.5) is 10.8 Å². The number of carbonyl (C=O) groups excluding carboxylic acids is 1. The maximum atomic E-state index is 12.4. The Morgan fingerprint density at radius 2 is 2.08 bits per heavy atom. The molecule has 24 heavy (non-hydrogen) atoms. The lowest BCUT2D eigenvalue weighted by molar-refractivity contribution is -0.0881. The van der Waals surface area contributed by atoms with Crippen molar-refractivity contribution in [3.05, 3.63) is 30.7 Å². The van der Waals surface area contributed by atoms with Gasteiger partial charge in [0.1, 0.15) is 5.60 Å². The van der Waals surface area contributed by atoms with E-state index < -0.39 is 5.60 Å². The third-order valence-corrected chi connectivity index (χ3v) is 5.43. The molecule has 4 aliphatic heterocycles. The second kappa shape index (κ2) is 5.04. The zero-order chi connectivity index (χ0) is 16.1. The fourth-order valence-electron chi connectivity index (χ4n) is 4.19. The molecule has 6 rings (SSSR count). The highest BCUT2D eigenvalue weighted by Gasteiger charge is 2.56. The molecule has 124 valence electrons. The topological polar surface area (TPSA) is 71.7 Å². The van der Waals surface area contributed by atoms with Crippen LogP contribution in [0.1, 0.15) is 12.8 Å². The number of nitrogens with zero attached hydrogens (tertiary/aromatic N) is 4. The predicted molar refractivity (Wildman–Crippen MR) is 85.5 cm³/mol. The number of fused-ring (bicyclic) bond motifs is 2. The van der Waals surface area contributed by atoms with Crippen LogP contribution in [0.2, 0.25) is 0 Å². The van der Waals surface area contributed by atoms with Gasteiger partial charge in [-0.15, -0.1) is 0 Å². The van der Waals surface area contributed by atoms with Gasteiger partial charge < -0.3 is 9.15 Å². The van der Waals surface area contributed by atoms with Crippen molar-refractivity contribution >= 4 is 12.1 Å². The minimum Gasteiger partial charge on any atom is -0.439 e. The Hall–Kier alpha value is -2.41. The van der Waals surface area contributed by atoms with Gasteiger partial charge in [-0.05, 0) is 38.1 Å². The van der Waals surface area contributed by atoms with Gasteiger partial charge in [0.2, 0.25) is 0 Å². The van der Waals surface area contributed by atoms with Gasteiger partial charge in [0.25, 0.3) is 0 Å². The molecule has 0 aromatic carbocycles. The maximum Gasteiger partial charge on any atom is 0.418 e. The average Bonchev–Trinajstić information content (AvgIpc) is 3.22. The standard InChI is InChI=1S/C17H18N4O3/c22-16-21(11-17(24-16)10-20-6-3-13(17)4-7-20)15-19-9-14(23-15)12-2-1-5-18-8-12/h1-2,5,8-9,13H,3-4,6-7,10-11H2/t17-/m1/s1. The minimum atomic E-state index is -0.406. The van der Waals surface area contributed by atoms with Crippen molar-refractivity contribution < 1.29 is 13.9 Å². The number of hydrogen-bond donors (Lipinski definition) is 0. The number of pyridine rings is 1. The minimum absolute atomic E-state index is 0.298. The van der Waals surface area contributed by atoms with Crippen LogP contribution in [-0.2, 0) is 4.74 Å². The summed E-state index contributed by atoms with van der Waals surface area (Å²) in [5, 5.41) is 0. The normalized spacial score (nSPS) is 31.7. The van der Waals surface area contributed by atoms with E-state index in [0.717, 1.165) is 38.0 Å². The SMILES string of the molecule is O=C1O[C@]2(CN3CCC2CC3)CN1c1ncc(-c2cccnc2)o1. The van der Waals surface area contributed by atoms with E-state index in [1.54, 1.807) is 18.6 Å². The van der Waals surface area contributed by atoms with Crippen LogP contribution in [0.3, 0.4) is 0 Å². The van der Waals surface area contributed by atoms with Crippen LogP contribution < -0.4 is 4.90 Å². The summed E-state index contributed by atoms with van der Waals surface area (Å²) in [4.78, 5) is 24.7. The van der Waals surface area contributed by atoms with Crippen LogP contribution >= 0.6 is 0 Å². The summed E-state index contributed by atoms with van der Waals surface area (Å²) in [5.41, 5.74) is 0.428. The van der Waals surface area contributed by atoms with E-state index in [1.165, 1.54) is 4.90 Å². The highest BCUT2D eigenvalue weighted by molar-refractivity contribution is 5.88. The summed E-state index contributed by atoms with van der Waals surface area (Å²) in [6.45, 7) is 3.54. The highest BCUT2D eigenvalue weighted by atomic mass is 16.6. The number of aromatic nitrogens is 2. The zero-order valence-corrected chi connectivity index (χ0v) is 13.2. The summed E-state index contributed by atoms with van der Waals surface area (Å²) in [6.07, 6.45) is 6.86. The van der Waals surface area contributed by atoms with Crippen molar-refractivity contribution in [2.45, 2.75) is 18.4 Å². The molecule has 4 aliphatic rings. The molecule has 2 aromatic heterocycles. The Balaban J connectivity index is 1.42. The Bertz CT molecular complexity index is 769. The number of amides is 1. The van der Waals surface area contributed by atoms with Crippen LogP contribution in [0, 0.1) is 5.92 Å². The first-order valence-corrected chi connectivity index (χ1v) is 8.33. The number of carbonyl (C=O) groups is 1. The first-order chi connectivity index (χ1) is 11.7. The molecule has 4 saturated heterocycles. The van der Waals surface area contributed by atoms with Gasteiger partial charge in [-0.25, -0.2) is 14.7 Å². The molecule has 2 bridgehead atoms. The lowest BCUT2D eigenvalue weighted by Gasteiger charge is -2.49. The first kappa shape index (κ1) is 14.0. The number of piperidine rings is 3. The number of oxazole rings is 1. The van der Waals surface area contributed by atoms with Crippen molar-refractivity contribution in [2.75, 3.05) is 31.1 Å². The van der Waals surface area contributed by atoms with Crippen LogP contribution in [0.15, 0.2) is 35.1 Å². The first-order valence-electron chi connectivity index (χ1n) is 8.33. The van der Waals surface area contributed by atoms with Gasteiger partial charge in [-0.1, -0.05) is 0 Å². The number of hydrogen-bond acceptors (Lipinski definition) is 6. The molecule has 1 atom stereocenters. The molecule has 1 spiro atoms. The number of anilines is 1. The van der Waals surface area contributed by atoms with E-state index >= 15 is 0 Å². The lowest BCUT2D eigenvalue weighted by atomic mass is 9.75. The van der Waals surface area contributed by atoms with Crippen molar-refractivity contribution in [3.63, 3.8) is 0 Å². The van der Waals surface area contributed by atoms with Gasteiger partial charge >= 0.3 is 12.1 Å².